The van der Waals surface area contributed by atoms with Gasteiger partial charge in [0.2, 0.25) is 0 Å². The molecule has 0 radical (unpaired) electrons. The summed E-state index contributed by atoms with van der Waals surface area (Å²) >= 11 is 0. The minimum Gasteiger partial charge on any atom is -0.306 e. The summed E-state index contributed by atoms with van der Waals surface area (Å²) in [5.74, 6) is 1.81. The lowest BCUT2D eigenvalue weighted by Crippen LogP contribution is -2.46. The average molecular weight is 295 g/mol. The molecule has 3 aliphatic rings. The summed E-state index contributed by atoms with van der Waals surface area (Å²) in [5.41, 5.74) is 16.9. The van der Waals surface area contributed by atoms with Gasteiger partial charge in [0.15, 0.2) is 0 Å². The van der Waals surface area contributed by atoms with Crippen molar-refractivity contribution in [1.82, 2.24) is 4.90 Å². The summed E-state index contributed by atoms with van der Waals surface area (Å²) in [6, 6.07) is 8.88. The number of benzene rings is 1. The van der Waals surface area contributed by atoms with Crippen LogP contribution in [0.1, 0.15) is 24.5 Å². The SMILES string of the molecule is CC1CC2C=C3C(=CC2C1N(C)C)C(N)(N)c1ccccc13. The summed E-state index contributed by atoms with van der Waals surface area (Å²) in [6.45, 7) is 2.36. The first-order valence-electron chi connectivity index (χ1n) is 8.20. The first-order chi connectivity index (χ1) is 10.4. The molecule has 3 aliphatic carbocycles. The maximum Gasteiger partial charge on any atom is 0.117 e. The van der Waals surface area contributed by atoms with Gasteiger partial charge in [-0.3, -0.25) is 0 Å². The molecule has 3 nitrogen and oxygen atoms in total. The molecule has 0 aliphatic heterocycles. The minimum absolute atomic E-state index is 0.518. The van der Waals surface area contributed by atoms with Crippen LogP contribution in [0.15, 0.2) is 42.0 Å². The zero-order chi connectivity index (χ0) is 15.6. The highest BCUT2D eigenvalue weighted by Gasteiger charge is 2.47. The van der Waals surface area contributed by atoms with E-state index in [1.807, 2.05) is 6.07 Å². The van der Waals surface area contributed by atoms with E-state index >= 15 is 0 Å². The van der Waals surface area contributed by atoms with Crippen LogP contribution in [0, 0.1) is 17.8 Å². The summed E-state index contributed by atoms with van der Waals surface area (Å²) in [5, 5.41) is 0. The minimum atomic E-state index is -0.851. The first kappa shape index (κ1) is 14.2. The molecule has 4 rings (SSSR count). The Morgan fingerprint density at radius 2 is 1.86 bits per heavy atom. The quantitative estimate of drug-likeness (QED) is 0.782. The largest absolute Gasteiger partial charge is 0.306 e. The van der Waals surface area contributed by atoms with Gasteiger partial charge < -0.3 is 16.4 Å². The number of hydrogen-bond acceptors (Lipinski definition) is 3. The molecule has 22 heavy (non-hydrogen) atoms. The van der Waals surface area contributed by atoms with Crippen LogP contribution in [0.4, 0.5) is 0 Å². The molecular formula is C19H25N3. The van der Waals surface area contributed by atoms with Crippen molar-refractivity contribution in [3.05, 3.63) is 53.1 Å². The molecule has 4 unspecified atom stereocenters. The number of nitrogens with two attached hydrogens (primary N) is 2. The van der Waals surface area contributed by atoms with Crippen LogP contribution in [0.5, 0.6) is 0 Å². The highest BCUT2D eigenvalue weighted by molar-refractivity contribution is 5.90. The Bertz CT molecular complexity index is 684. The van der Waals surface area contributed by atoms with Gasteiger partial charge in [0.1, 0.15) is 5.66 Å². The van der Waals surface area contributed by atoms with Gasteiger partial charge in [0.25, 0.3) is 0 Å². The monoisotopic (exact) mass is 295 g/mol. The van der Waals surface area contributed by atoms with Gasteiger partial charge in [-0.1, -0.05) is 43.3 Å². The third-order valence-corrected chi connectivity index (χ3v) is 5.85. The van der Waals surface area contributed by atoms with Gasteiger partial charge in [-0.25, -0.2) is 0 Å². The van der Waals surface area contributed by atoms with E-state index in [2.05, 4.69) is 56.3 Å². The zero-order valence-corrected chi connectivity index (χ0v) is 13.6. The number of fused-ring (bicyclic) bond motifs is 4. The third kappa shape index (κ3) is 1.73. The van der Waals surface area contributed by atoms with Gasteiger partial charge in [0.05, 0.1) is 0 Å². The lowest BCUT2D eigenvalue weighted by molar-refractivity contribution is 0.214. The molecule has 0 spiro atoms. The van der Waals surface area contributed by atoms with Crippen molar-refractivity contribution in [3.63, 3.8) is 0 Å². The van der Waals surface area contributed by atoms with Crippen molar-refractivity contribution < 1.29 is 0 Å². The second-order valence-corrected chi connectivity index (χ2v) is 7.48. The Balaban J connectivity index is 1.85. The van der Waals surface area contributed by atoms with E-state index in [9.17, 15) is 0 Å². The Hall–Kier alpha value is -1.42. The Kier molecular flexibility index (Phi) is 2.93. The van der Waals surface area contributed by atoms with Crippen molar-refractivity contribution in [2.45, 2.75) is 25.0 Å². The topological polar surface area (TPSA) is 55.3 Å². The smallest absolute Gasteiger partial charge is 0.117 e. The molecule has 3 heteroatoms. The Labute approximate surface area is 132 Å². The normalized spacial score (nSPS) is 34.8. The van der Waals surface area contributed by atoms with Crippen molar-refractivity contribution in [1.29, 1.82) is 0 Å². The second kappa shape index (κ2) is 4.54. The van der Waals surface area contributed by atoms with Crippen molar-refractivity contribution in [2.75, 3.05) is 14.1 Å². The van der Waals surface area contributed by atoms with E-state index < -0.39 is 5.66 Å². The van der Waals surface area contributed by atoms with Crippen LogP contribution in [-0.2, 0) is 5.66 Å². The molecular weight excluding hydrogens is 270 g/mol. The van der Waals surface area contributed by atoms with Crippen LogP contribution in [0.2, 0.25) is 0 Å². The molecule has 1 aromatic rings. The number of allylic oxidation sites excluding steroid dienone is 1. The maximum atomic E-state index is 6.54. The van der Waals surface area contributed by atoms with E-state index in [0.717, 1.165) is 11.1 Å². The highest BCUT2D eigenvalue weighted by atomic mass is 15.1. The number of rotatable bonds is 1. The predicted molar refractivity (Wildman–Crippen MR) is 90.8 cm³/mol. The summed E-state index contributed by atoms with van der Waals surface area (Å²) in [6.07, 6.45) is 6.07. The van der Waals surface area contributed by atoms with Crippen LogP contribution in [-0.4, -0.2) is 25.0 Å². The van der Waals surface area contributed by atoms with Crippen LogP contribution in [0.3, 0.4) is 0 Å². The summed E-state index contributed by atoms with van der Waals surface area (Å²) in [7, 11) is 4.37. The van der Waals surface area contributed by atoms with Crippen LogP contribution in [0.25, 0.3) is 5.57 Å². The second-order valence-electron chi connectivity index (χ2n) is 7.48. The molecule has 1 aromatic carbocycles. The van der Waals surface area contributed by atoms with Crippen LogP contribution >= 0.6 is 0 Å². The summed E-state index contributed by atoms with van der Waals surface area (Å²) < 4.78 is 0. The Morgan fingerprint density at radius 1 is 1.14 bits per heavy atom. The molecule has 1 fully saturated rings. The number of nitrogens with zero attached hydrogens (tertiary/aromatic N) is 1. The summed E-state index contributed by atoms with van der Waals surface area (Å²) in [4.78, 5) is 2.36. The molecule has 0 saturated heterocycles. The lowest BCUT2D eigenvalue weighted by atomic mass is 9.81. The molecule has 0 bridgehead atoms. The molecule has 4 atom stereocenters. The van der Waals surface area contributed by atoms with E-state index in [-0.39, 0.29) is 0 Å². The van der Waals surface area contributed by atoms with E-state index in [0.29, 0.717) is 23.8 Å². The average Bonchev–Trinajstić information content (AvgIpc) is 2.90. The predicted octanol–water partition coefficient (Wildman–Crippen LogP) is 2.30. The molecule has 1 saturated carbocycles. The van der Waals surface area contributed by atoms with Gasteiger partial charge in [0, 0.05) is 6.04 Å². The zero-order valence-electron chi connectivity index (χ0n) is 13.6. The van der Waals surface area contributed by atoms with Gasteiger partial charge in [-0.05, 0) is 60.5 Å². The van der Waals surface area contributed by atoms with Crippen molar-refractivity contribution >= 4 is 5.57 Å². The molecule has 116 valence electrons. The standard InChI is InChI=1S/C19H25N3/c1-11-8-12-9-15-13-6-4-5-7-16(13)19(20,21)17(15)10-14(12)18(11)22(2)3/h4-7,9-12,14,18H,8,20-21H2,1-3H3. The van der Waals surface area contributed by atoms with E-state index in [4.69, 9.17) is 11.5 Å². The number of hydrogen-bond donors (Lipinski definition) is 2. The fraction of sp³-hybridized carbons (Fsp3) is 0.474. The molecule has 0 amide bonds. The highest BCUT2D eigenvalue weighted by Crippen LogP contribution is 2.52. The first-order valence-corrected chi connectivity index (χ1v) is 8.20. The fourth-order valence-corrected chi connectivity index (χ4v) is 5.02. The molecule has 0 heterocycles. The fourth-order valence-electron chi connectivity index (χ4n) is 5.02. The van der Waals surface area contributed by atoms with Gasteiger partial charge in [-0.2, -0.15) is 0 Å². The van der Waals surface area contributed by atoms with E-state index in [1.54, 1.807) is 0 Å². The third-order valence-electron chi connectivity index (χ3n) is 5.85. The maximum absolute atomic E-state index is 6.54. The van der Waals surface area contributed by atoms with Crippen molar-refractivity contribution in [2.24, 2.45) is 29.2 Å². The van der Waals surface area contributed by atoms with Gasteiger partial charge in [-0.15, -0.1) is 0 Å². The van der Waals surface area contributed by atoms with Crippen LogP contribution < -0.4 is 11.5 Å². The molecule has 0 aromatic heterocycles. The lowest BCUT2D eigenvalue weighted by Gasteiger charge is -2.33. The Morgan fingerprint density at radius 3 is 2.59 bits per heavy atom. The van der Waals surface area contributed by atoms with E-state index in [1.165, 1.54) is 17.6 Å². The molecule has 4 N–H and O–H groups in total. The van der Waals surface area contributed by atoms with Gasteiger partial charge >= 0.3 is 0 Å². The van der Waals surface area contributed by atoms with Crippen molar-refractivity contribution in [3.8, 4) is 0 Å².